The smallest absolute Gasteiger partial charge is 0.273 e. The van der Waals surface area contributed by atoms with E-state index in [0.29, 0.717) is 16.4 Å². The lowest BCUT2D eigenvalue weighted by Crippen LogP contribution is -2.12. The molecular formula is C16H15N3O2S2. The number of thiazole rings is 1. The number of thiophene rings is 1. The van der Waals surface area contributed by atoms with E-state index in [2.05, 4.69) is 35.2 Å². The maximum absolute atomic E-state index is 12.2. The highest BCUT2D eigenvalue weighted by atomic mass is 32.1. The highest BCUT2D eigenvalue weighted by Gasteiger charge is 2.14. The maximum Gasteiger partial charge on any atom is 0.273 e. The molecular weight excluding hydrogens is 330 g/mol. The molecule has 3 rings (SSSR count). The summed E-state index contributed by atoms with van der Waals surface area (Å²) in [5.74, 6) is -0.392. The van der Waals surface area contributed by atoms with Crippen LogP contribution in [0.4, 0.5) is 5.13 Å². The Balaban J connectivity index is 1.77. The molecule has 3 heterocycles. The van der Waals surface area contributed by atoms with Crippen LogP contribution in [0.2, 0.25) is 0 Å². The first kappa shape index (κ1) is 15.6. The minimum atomic E-state index is -0.309. The second-order valence-electron chi connectivity index (χ2n) is 5.18. The molecule has 3 aromatic rings. The lowest BCUT2D eigenvalue weighted by Gasteiger charge is -1.98. The van der Waals surface area contributed by atoms with Crippen LogP contribution in [0.5, 0.6) is 0 Å². The first-order chi connectivity index (χ1) is 10.9. The van der Waals surface area contributed by atoms with Crippen LogP contribution < -0.4 is 5.32 Å². The lowest BCUT2D eigenvalue weighted by atomic mass is 10.2. The van der Waals surface area contributed by atoms with Crippen LogP contribution >= 0.6 is 22.7 Å². The Morgan fingerprint density at radius 2 is 2.04 bits per heavy atom. The van der Waals surface area contributed by atoms with Crippen LogP contribution in [-0.4, -0.2) is 21.7 Å². The Morgan fingerprint density at radius 3 is 2.65 bits per heavy atom. The molecule has 0 atom stereocenters. The van der Waals surface area contributed by atoms with Crippen LogP contribution in [0.1, 0.15) is 37.5 Å². The van der Waals surface area contributed by atoms with Gasteiger partial charge in [-0.15, -0.1) is 22.7 Å². The van der Waals surface area contributed by atoms with E-state index in [-0.39, 0.29) is 11.7 Å². The molecule has 7 heteroatoms. The summed E-state index contributed by atoms with van der Waals surface area (Å²) in [5.41, 5.74) is 2.79. The van der Waals surface area contributed by atoms with Gasteiger partial charge in [-0.1, -0.05) is 0 Å². The van der Waals surface area contributed by atoms with Crippen molar-refractivity contribution in [1.29, 1.82) is 0 Å². The number of aryl methyl sites for hydroxylation is 2. The number of nitrogens with one attached hydrogen (secondary N) is 2. The lowest BCUT2D eigenvalue weighted by molar-refractivity contribution is 0.101. The van der Waals surface area contributed by atoms with Crippen molar-refractivity contribution in [2.45, 2.75) is 20.8 Å². The molecule has 118 valence electrons. The molecule has 5 nitrogen and oxygen atoms in total. The van der Waals surface area contributed by atoms with Crippen LogP contribution in [0, 0.1) is 13.8 Å². The fourth-order valence-corrected chi connectivity index (χ4v) is 3.87. The summed E-state index contributed by atoms with van der Waals surface area (Å²) in [6.07, 6.45) is 1.53. The molecule has 2 N–H and O–H groups in total. The number of aromatic nitrogens is 2. The molecule has 0 saturated carbocycles. The van der Waals surface area contributed by atoms with Crippen molar-refractivity contribution >= 4 is 39.5 Å². The molecule has 0 fully saturated rings. The Bertz CT molecular complexity index is 889. The third-order valence-electron chi connectivity index (χ3n) is 3.38. The van der Waals surface area contributed by atoms with Gasteiger partial charge in [-0.3, -0.25) is 14.9 Å². The number of aromatic amines is 1. The van der Waals surface area contributed by atoms with Gasteiger partial charge < -0.3 is 4.98 Å². The SMILES string of the molecule is CC(=O)c1c[nH]c(C(=O)Nc2nc(-c3cc(C)sc3C)cs2)c1. The number of rotatable bonds is 4. The number of hydrogen-bond donors (Lipinski definition) is 2. The first-order valence-corrected chi connectivity index (χ1v) is 8.67. The van der Waals surface area contributed by atoms with Crippen molar-refractivity contribution in [3.8, 4) is 11.3 Å². The zero-order valence-electron chi connectivity index (χ0n) is 12.9. The van der Waals surface area contributed by atoms with E-state index in [1.165, 1.54) is 34.2 Å². The molecule has 0 aromatic carbocycles. The molecule has 3 aromatic heterocycles. The molecule has 23 heavy (non-hydrogen) atoms. The summed E-state index contributed by atoms with van der Waals surface area (Å²) in [4.78, 5) is 33.2. The van der Waals surface area contributed by atoms with Crippen LogP contribution in [-0.2, 0) is 0 Å². The van der Waals surface area contributed by atoms with Gasteiger partial charge in [-0.2, -0.15) is 0 Å². The zero-order valence-corrected chi connectivity index (χ0v) is 14.5. The number of amides is 1. The number of hydrogen-bond acceptors (Lipinski definition) is 5. The van der Waals surface area contributed by atoms with Crippen molar-refractivity contribution < 1.29 is 9.59 Å². The Hall–Kier alpha value is -2.25. The summed E-state index contributed by atoms with van der Waals surface area (Å²) in [6.45, 7) is 5.59. The van der Waals surface area contributed by atoms with Crippen molar-refractivity contribution in [2.75, 3.05) is 5.32 Å². The summed E-state index contributed by atoms with van der Waals surface area (Å²) >= 11 is 3.11. The number of carbonyl (C=O) groups excluding carboxylic acids is 2. The third kappa shape index (κ3) is 3.25. The Morgan fingerprint density at radius 1 is 1.26 bits per heavy atom. The van der Waals surface area contributed by atoms with Gasteiger partial charge in [0, 0.05) is 32.5 Å². The van der Waals surface area contributed by atoms with E-state index >= 15 is 0 Å². The molecule has 1 amide bonds. The van der Waals surface area contributed by atoms with Crippen molar-refractivity contribution in [1.82, 2.24) is 9.97 Å². The number of ketones is 1. The van der Waals surface area contributed by atoms with E-state index in [0.717, 1.165) is 11.3 Å². The molecule has 0 radical (unpaired) electrons. The highest BCUT2D eigenvalue weighted by Crippen LogP contribution is 2.32. The van der Waals surface area contributed by atoms with E-state index in [1.807, 2.05) is 5.38 Å². The normalized spacial score (nSPS) is 10.7. The largest absolute Gasteiger partial charge is 0.356 e. The standard InChI is InChI=1S/C16H15N3O2S2/c1-8-4-12(10(3)23-8)14-7-22-16(18-14)19-15(21)13-5-11(6-17-13)9(2)20/h4-7,17H,1-3H3,(H,18,19,21). The van der Waals surface area contributed by atoms with Gasteiger partial charge in [0.25, 0.3) is 5.91 Å². The second-order valence-corrected chi connectivity index (χ2v) is 7.50. The van der Waals surface area contributed by atoms with Crippen molar-refractivity contribution in [3.05, 3.63) is 44.7 Å². The van der Waals surface area contributed by atoms with Crippen molar-refractivity contribution in [2.24, 2.45) is 0 Å². The maximum atomic E-state index is 12.2. The van der Waals surface area contributed by atoms with Gasteiger partial charge in [0.05, 0.1) is 5.69 Å². The summed E-state index contributed by atoms with van der Waals surface area (Å²) < 4.78 is 0. The van der Waals surface area contributed by atoms with Crippen LogP contribution in [0.15, 0.2) is 23.7 Å². The van der Waals surface area contributed by atoms with Gasteiger partial charge >= 0.3 is 0 Å². The van der Waals surface area contributed by atoms with Gasteiger partial charge in [0.15, 0.2) is 10.9 Å². The molecule has 0 saturated heterocycles. The van der Waals surface area contributed by atoms with Crippen LogP contribution in [0.25, 0.3) is 11.3 Å². The fraction of sp³-hybridized carbons (Fsp3) is 0.188. The number of Topliss-reactive ketones (excluding diaryl/α,β-unsaturated/α-hetero) is 1. The van der Waals surface area contributed by atoms with E-state index in [1.54, 1.807) is 17.4 Å². The fourth-order valence-electron chi connectivity index (χ4n) is 2.23. The Labute approximate surface area is 141 Å². The van der Waals surface area contributed by atoms with Crippen molar-refractivity contribution in [3.63, 3.8) is 0 Å². The molecule has 0 aliphatic heterocycles. The highest BCUT2D eigenvalue weighted by molar-refractivity contribution is 7.14. The number of nitrogens with zero attached hydrogens (tertiary/aromatic N) is 1. The summed E-state index contributed by atoms with van der Waals surface area (Å²) in [6, 6.07) is 3.64. The minimum Gasteiger partial charge on any atom is -0.356 e. The second kappa shape index (κ2) is 6.10. The minimum absolute atomic E-state index is 0.0832. The van der Waals surface area contributed by atoms with E-state index in [4.69, 9.17) is 0 Å². The van der Waals surface area contributed by atoms with Gasteiger partial charge in [0.2, 0.25) is 0 Å². The van der Waals surface area contributed by atoms with E-state index in [9.17, 15) is 9.59 Å². The quantitative estimate of drug-likeness (QED) is 0.693. The molecule has 0 bridgehead atoms. The molecule has 0 unspecified atom stereocenters. The number of H-pyrrole nitrogens is 1. The first-order valence-electron chi connectivity index (χ1n) is 6.97. The third-order valence-corrected chi connectivity index (χ3v) is 5.10. The average molecular weight is 345 g/mol. The molecule has 0 aliphatic carbocycles. The van der Waals surface area contributed by atoms with Gasteiger partial charge in [-0.05, 0) is 32.9 Å². The van der Waals surface area contributed by atoms with Gasteiger partial charge in [-0.25, -0.2) is 4.98 Å². The monoisotopic (exact) mass is 345 g/mol. The summed E-state index contributed by atoms with van der Waals surface area (Å²) in [7, 11) is 0. The van der Waals surface area contributed by atoms with E-state index < -0.39 is 0 Å². The zero-order chi connectivity index (χ0) is 16.6. The number of carbonyl (C=O) groups is 2. The number of anilines is 1. The molecule has 0 spiro atoms. The average Bonchev–Trinajstić information content (AvgIpc) is 3.18. The topological polar surface area (TPSA) is 74.8 Å². The summed E-state index contributed by atoms with van der Waals surface area (Å²) in [5, 5.41) is 5.22. The predicted octanol–water partition coefficient (Wildman–Crippen LogP) is 4.27. The van der Waals surface area contributed by atoms with Crippen LogP contribution in [0.3, 0.4) is 0 Å². The predicted molar refractivity (Wildman–Crippen MR) is 93.7 cm³/mol. The molecule has 0 aliphatic rings. The van der Waals surface area contributed by atoms with Gasteiger partial charge in [0.1, 0.15) is 5.69 Å². The Kier molecular flexibility index (Phi) is 4.14.